The lowest BCUT2D eigenvalue weighted by molar-refractivity contribution is -0.215. The van der Waals surface area contributed by atoms with Crippen molar-refractivity contribution in [2.75, 3.05) is 11.1 Å². The monoisotopic (exact) mass is 447 g/mol. The molecule has 3 heterocycles. The highest BCUT2D eigenvalue weighted by molar-refractivity contribution is 6.06. The van der Waals surface area contributed by atoms with Gasteiger partial charge in [0.2, 0.25) is 0 Å². The van der Waals surface area contributed by atoms with E-state index < -0.39 is 29.8 Å². The molecular formula is C24H25N5O4. The summed E-state index contributed by atoms with van der Waals surface area (Å²) in [6.45, 7) is 0. The molecule has 9 nitrogen and oxygen atoms in total. The lowest BCUT2D eigenvalue weighted by atomic mass is 9.84. The van der Waals surface area contributed by atoms with E-state index in [0.29, 0.717) is 29.8 Å². The summed E-state index contributed by atoms with van der Waals surface area (Å²) in [6, 6.07) is 11.1. The van der Waals surface area contributed by atoms with E-state index in [9.17, 15) is 15.0 Å². The van der Waals surface area contributed by atoms with Crippen molar-refractivity contribution in [1.82, 2.24) is 15.0 Å². The molecule has 0 spiro atoms. The van der Waals surface area contributed by atoms with Gasteiger partial charge in [-0.3, -0.25) is 9.78 Å². The van der Waals surface area contributed by atoms with Crippen LogP contribution in [0.2, 0.25) is 0 Å². The predicted octanol–water partition coefficient (Wildman–Crippen LogP) is 2.48. The molecule has 0 bridgehead atoms. The summed E-state index contributed by atoms with van der Waals surface area (Å²) in [6.07, 6.45) is 4.97. The minimum absolute atomic E-state index is 0.000853. The van der Waals surface area contributed by atoms with Gasteiger partial charge in [0, 0.05) is 23.7 Å². The molecule has 1 aliphatic heterocycles. The number of pyridine rings is 1. The molecule has 1 saturated heterocycles. The maximum absolute atomic E-state index is 13.1. The first-order valence-electron chi connectivity index (χ1n) is 10.9. The van der Waals surface area contributed by atoms with Crippen LogP contribution in [-0.4, -0.2) is 48.9 Å². The highest BCUT2D eigenvalue weighted by Crippen LogP contribution is 2.46. The minimum atomic E-state index is -1.21. The van der Waals surface area contributed by atoms with E-state index in [1.165, 1.54) is 12.4 Å². The molecular weight excluding hydrogens is 422 g/mol. The molecule has 170 valence electrons. The molecule has 9 heteroatoms. The number of hydrogen-bond acceptors (Lipinski definition) is 8. The van der Waals surface area contributed by atoms with E-state index in [-0.39, 0.29) is 17.9 Å². The van der Waals surface area contributed by atoms with E-state index in [1.807, 2.05) is 30.3 Å². The van der Waals surface area contributed by atoms with Gasteiger partial charge in [-0.1, -0.05) is 30.3 Å². The second-order valence-corrected chi connectivity index (χ2v) is 8.52. The third kappa shape index (κ3) is 3.95. The van der Waals surface area contributed by atoms with Gasteiger partial charge in [0.25, 0.3) is 5.91 Å². The van der Waals surface area contributed by atoms with Crippen LogP contribution in [0.1, 0.15) is 47.8 Å². The number of rotatable bonds is 4. The number of fused-ring (bicyclic) bond motifs is 1. The fourth-order valence-corrected chi connectivity index (χ4v) is 4.70. The number of hydrogen-bond donors (Lipinski definition) is 4. The number of carbonyl (C=O) groups is 1. The third-order valence-electron chi connectivity index (χ3n) is 6.48. The van der Waals surface area contributed by atoms with Crippen LogP contribution in [0.4, 0.5) is 11.5 Å². The number of nitrogens with two attached hydrogens (primary N) is 1. The predicted molar refractivity (Wildman–Crippen MR) is 121 cm³/mol. The van der Waals surface area contributed by atoms with Crippen LogP contribution in [0.3, 0.4) is 0 Å². The average Bonchev–Trinajstić information content (AvgIpc) is 3.22. The van der Waals surface area contributed by atoms with Crippen LogP contribution in [0.15, 0.2) is 55.0 Å². The molecule has 0 radical (unpaired) electrons. The topological polar surface area (TPSA) is 143 Å². The van der Waals surface area contributed by atoms with Gasteiger partial charge in [0.05, 0.1) is 42.1 Å². The second-order valence-electron chi connectivity index (χ2n) is 8.52. The van der Waals surface area contributed by atoms with Crippen molar-refractivity contribution in [3.8, 4) is 11.3 Å². The number of nitrogens with zero attached hydrogens (tertiary/aromatic N) is 3. The first kappa shape index (κ1) is 21.4. The second kappa shape index (κ2) is 8.51. The van der Waals surface area contributed by atoms with Gasteiger partial charge in [0.15, 0.2) is 11.5 Å². The van der Waals surface area contributed by atoms with Crippen molar-refractivity contribution in [3.63, 3.8) is 0 Å². The molecule has 1 aliphatic carbocycles. The van der Waals surface area contributed by atoms with E-state index in [0.717, 1.165) is 12.0 Å². The minimum Gasteiger partial charge on any atom is -0.390 e. The molecule has 1 saturated carbocycles. The smallest absolute Gasteiger partial charge is 0.278 e. The number of nitrogens with one attached hydrogen (secondary N) is 1. The Bertz CT molecular complexity index is 1170. The van der Waals surface area contributed by atoms with Crippen molar-refractivity contribution >= 4 is 17.4 Å². The summed E-state index contributed by atoms with van der Waals surface area (Å²) in [5.74, 6) is -0.515. The fourth-order valence-electron chi connectivity index (χ4n) is 4.70. The van der Waals surface area contributed by atoms with Crippen molar-refractivity contribution in [3.05, 3.63) is 66.2 Å². The number of aliphatic hydroxyl groups excluding tert-OH is 1. The van der Waals surface area contributed by atoms with Crippen LogP contribution in [0, 0.1) is 0 Å². The van der Waals surface area contributed by atoms with E-state index in [1.54, 1.807) is 12.3 Å². The summed E-state index contributed by atoms with van der Waals surface area (Å²) in [7, 11) is 0. The van der Waals surface area contributed by atoms with Crippen molar-refractivity contribution < 1.29 is 19.7 Å². The molecule has 2 aliphatic rings. The summed E-state index contributed by atoms with van der Waals surface area (Å²) < 4.78 is 6.16. The van der Waals surface area contributed by atoms with Gasteiger partial charge in [0.1, 0.15) is 5.60 Å². The largest absolute Gasteiger partial charge is 0.390 e. The Morgan fingerprint density at radius 1 is 1.21 bits per heavy atom. The Kier molecular flexibility index (Phi) is 5.53. The van der Waals surface area contributed by atoms with Gasteiger partial charge in [-0.05, 0) is 25.3 Å². The molecule has 2 aromatic heterocycles. The number of ether oxygens (including phenoxy) is 1. The molecule has 5 N–H and O–H groups in total. The molecule has 33 heavy (non-hydrogen) atoms. The average molecular weight is 447 g/mol. The van der Waals surface area contributed by atoms with Gasteiger partial charge in [-0.25, -0.2) is 9.97 Å². The van der Waals surface area contributed by atoms with E-state index >= 15 is 0 Å². The van der Waals surface area contributed by atoms with Crippen molar-refractivity contribution in [2.45, 2.75) is 49.6 Å². The highest BCUT2D eigenvalue weighted by atomic mass is 16.5. The van der Waals surface area contributed by atoms with Crippen LogP contribution in [-0.2, 0) is 4.74 Å². The number of carbonyl (C=O) groups excluding carboxylic acids is 1. The van der Waals surface area contributed by atoms with Crippen molar-refractivity contribution in [2.24, 2.45) is 0 Å². The molecule has 5 rings (SSSR count). The summed E-state index contributed by atoms with van der Waals surface area (Å²) in [5.41, 5.74) is 7.18. The third-order valence-corrected chi connectivity index (χ3v) is 6.48. The Morgan fingerprint density at radius 3 is 2.85 bits per heavy atom. The zero-order chi connectivity index (χ0) is 23.0. The van der Waals surface area contributed by atoms with Crippen LogP contribution in [0.5, 0.6) is 0 Å². The lowest BCUT2D eigenvalue weighted by Crippen LogP contribution is -2.54. The SMILES string of the molecule is Nc1ncc(-c2ccccc2)nc1C(=O)Nc1cnccc1[C@@H]1C[C@H](O)[C@]2(O)CCC[C@@H]2O1. The first-order valence-corrected chi connectivity index (χ1v) is 10.9. The van der Waals surface area contributed by atoms with E-state index in [2.05, 4.69) is 20.3 Å². The van der Waals surface area contributed by atoms with Crippen molar-refractivity contribution in [1.29, 1.82) is 0 Å². The number of nitrogen functional groups attached to an aromatic ring is 1. The van der Waals surface area contributed by atoms with Gasteiger partial charge < -0.3 is 26.0 Å². The molecule has 4 atom stereocenters. The standard InChI is InChI=1S/C24H25N5O4/c25-22-21(28-16(13-27-22)14-5-2-1-3-6-14)23(31)29-17-12-26-10-8-15(17)18-11-19(30)24(32)9-4-7-20(24)33-18/h1-3,5-6,8,10,12-13,18-20,30,32H,4,7,9,11H2,(H2,25,27)(H,29,31)/t18-,19-,20-,24+/m0/s1. The number of anilines is 2. The Morgan fingerprint density at radius 2 is 2.03 bits per heavy atom. The number of amides is 1. The summed E-state index contributed by atoms with van der Waals surface area (Å²) in [5, 5.41) is 24.2. The summed E-state index contributed by atoms with van der Waals surface area (Å²) in [4.78, 5) is 25.8. The number of aromatic nitrogens is 3. The molecule has 1 amide bonds. The van der Waals surface area contributed by atoms with E-state index in [4.69, 9.17) is 10.5 Å². The normalized spacial score (nSPS) is 26.5. The van der Waals surface area contributed by atoms with Gasteiger partial charge in [-0.2, -0.15) is 0 Å². The molecule has 3 aromatic rings. The maximum Gasteiger partial charge on any atom is 0.278 e. The quantitative estimate of drug-likeness (QED) is 0.478. The first-order chi connectivity index (χ1) is 16.0. The Balaban J connectivity index is 1.41. The molecule has 0 unspecified atom stereocenters. The molecule has 1 aromatic carbocycles. The zero-order valence-electron chi connectivity index (χ0n) is 17.9. The highest BCUT2D eigenvalue weighted by Gasteiger charge is 2.52. The Labute approximate surface area is 190 Å². The fraction of sp³-hybridized carbons (Fsp3) is 0.333. The number of benzene rings is 1. The van der Waals surface area contributed by atoms with Gasteiger partial charge in [-0.15, -0.1) is 0 Å². The Hall–Kier alpha value is -3.40. The zero-order valence-corrected chi connectivity index (χ0v) is 17.9. The number of aliphatic hydroxyl groups is 2. The summed E-state index contributed by atoms with van der Waals surface area (Å²) >= 11 is 0. The maximum atomic E-state index is 13.1. The lowest BCUT2D eigenvalue weighted by Gasteiger charge is -2.43. The van der Waals surface area contributed by atoms with Gasteiger partial charge >= 0.3 is 0 Å². The van der Waals surface area contributed by atoms with Crippen LogP contribution >= 0.6 is 0 Å². The molecule has 2 fully saturated rings. The van der Waals surface area contributed by atoms with Crippen LogP contribution in [0.25, 0.3) is 11.3 Å². The van der Waals surface area contributed by atoms with Crippen LogP contribution < -0.4 is 11.1 Å².